The number of nitrogen functional groups attached to an aromatic ring is 1. The van der Waals surface area contributed by atoms with E-state index < -0.39 is 0 Å². The second kappa shape index (κ2) is 4.85. The Morgan fingerprint density at radius 2 is 2.24 bits per heavy atom. The molecule has 0 amide bonds. The molecule has 0 fully saturated rings. The molecule has 2 heterocycles. The van der Waals surface area contributed by atoms with Gasteiger partial charge in [-0.05, 0) is 25.4 Å². The quantitative estimate of drug-likeness (QED) is 0.838. The van der Waals surface area contributed by atoms with Crippen molar-refractivity contribution in [2.45, 2.75) is 19.9 Å². The third-order valence-corrected chi connectivity index (χ3v) is 3.41. The second-order valence-corrected chi connectivity index (χ2v) is 4.84. The number of anilines is 2. The molecule has 2 rings (SSSR count). The average molecular weight is 270 g/mol. The number of hydrogen-bond donors (Lipinski definition) is 2. The minimum atomic E-state index is 0.0302. The van der Waals surface area contributed by atoms with Crippen LogP contribution in [0, 0.1) is 6.92 Å². The Balaban J connectivity index is 2.24. The Kier molecular flexibility index (Phi) is 3.44. The third-order valence-electron chi connectivity index (χ3n) is 2.28. The molecule has 0 aromatic carbocycles. The molecule has 0 saturated carbocycles. The molecule has 3 N–H and O–H groups in total. The van der Waals surface area contributed by atoms with Gasteiger partial charge in [0, 0.05) is 11.6 Å². The molecular weight excluding hydrogens is 258 g/mol. The van der Waals surface area contributed by atoms with E-state index in [1.807, 2.05) is 12.3 Å². The van der Waals surface area contributed by atoms with Crippen LogP contribution in [0.3, 0.4) is 0 Å². The van der Waals surface area contributed by atoms with Crippen molar-refractivity contribution in [3.05, 3.63) is 27.6 Å². The van der Waals surface area contributed by atoms with Gasteiger partial charge in [0.2, 0.25) is 5.28 Å². The summed E-state index contributed by atoms with van der Waals surface area (Å²) in [6, 6.07) is 0.0302. The van der Waals surface area contributed by atoms with Gasteiger partial charge in [-0.3, -0.25) is 0 Å². The normalized spacial score (nSPS) is 12.4. The van der Waals surface area contributed by atoms with Gasteiger partial charge in [-0.15, -0.1) is 11.3 Å². The Labute approximate surface area is 108 Å². The van der Waals surface area contributed by atoms with Crippen molar-refractivity contribution in [2.24, 2.45) is 0 Å². The summed E-state index contributed by atoms with van der Waals surface area (Å²) in [6.07, 6.45) is 1.76. The van der Waals surface area contributed by atoms with E-state index in [-0.39, 0.29) is 11.3 Å². The van der Waals surface area contributed by atoms with E-state index in [9.17, 15) is 0 Å². The van der Waals surface area contributed by atoms with Crippen LogP contribution in [0.25, 0.3) is 0 Å². The van der Waals surface area contributed by atoms with Crippen molar-refractivity contribution >= 4 is 34.4 Å². The molecule has 0 aliphatic heterocycles. The highest BCUT2D eigenvalue weighted by Gasteiger charge is 2.13. The van der Waals surface area contributed by atoms with Crippen molar-refractivity contribution in [3.8, 4) is 0 Å². The Morgan fingerprint density at radius 3 is 2.88 bits per heavy atom. The molecule has 0 radical (unpaired) electrons. The Morgan fingerprint density at radius 1 is 1.47 bits per heavy atom. The molecule has 0 bridgehead atoms. The highest BCUT2D eigenvalue weighted by molar-refractivity contribution is 7.09. The fourth-order valence-corrected chi connectivity index (χ4v) is 2.23. The molecule has 2 aromatic heterocycles. The number of aryl methyl sites for hydroxylation is 1. The van der Waals surface area contributed by atoms with Gasteiger partial charge in [0.05, 0.1) is 17.4 Å². The van der Waals surface area contributed by atoms with Crippen LogP contribution in [0.5, 0.6) is 0 Å². The van der Waals surface area contributed by atoms with Gasteiger partial charge in [-0.1, -0.05) is 0 Å². The van der Waals surface area contributed by atoms with E-state index in [1.165, 1.54) is 0 Å². The van der Waals surface area contributed by atoms with Gasteiger partial charge in [0.25, 0.3) is 0 Å². The van der Waals surface area contributed by atoms with Crippen LogP contribution < -0.4 is 11.1 Å². The molecule has 17 heavy (non-hydrogen) atoms. The number of nitrogens with zero attached hydrogens (tertiary/aromatic N) is 3. The Hall–Kier alpha value is -1.40. The smallest absolute Gasteiger partial charge is 0.224 e. The van der Waals surface area contributed by atoms with Crippen molar-refractivity contribution in [1.29, 1.82) is 0 Å². The van der Waals surface area contributed by atoms with E-state index in [4.69, 9.17) is 17.3 Å². The largest absolute Gasteiger partial charge is 0.394 e. The highest BCUT2D eigenvalue weighted by atomic mass is 35.5. The number of hydrogen-bond acceptors (Lipinski definition) is 6. The fraction of sp³-hybridized carbons (Fsp3) is 0.300. The molecule has 1 unspecified atom stereocenters. The fourth-order valence-electron chi connectivity index (χ4n) is 1.37. The van der Waals surface area contributed by atoms with Crippen molar-refractivity contribution in [3.63, 3.8) is 0 Å². The first-order chi connectivity index (χ1) is 8.08. The topological polar surface area (TPSA) is 76.7 Å². The summed E-state index contributed by atoms with van der Waals surface area (Å²) in [6.45, 7) is 3.78. The summed E-state index contributed by atoms with van der Waals surface area (Å²) < 4.78 is 0. The van der Waals surface area contributed by atoms with Gasteiger partial charge in [-0.2, -0.15) is 4.98 Å². The lowest BCUT2D eigenvalue weighted by atomic mass is 10.3. The minimum absolute atomic E-state index is 0.0302. The lowest BCUT2D eigenvalue weighted by Gasteiger charge is -2.14. The third kappa shape index (κ3) is 2.65. The summed E-state index contributed by atoms with van der Waals surface area (Å²) in [5.41, 5.74) is 7.07. The molecule has 2 aromatic rings. The monoisotopic (exact) mass is 269 g/mol. The van der Waals surface area contributed by atoms with Crippen molar-refractivity contribution in [1.82, 2.24) is 15.0 Å². The maximum Gasteiger partial charge on any atom is 0.224 e. The summed E-state index contributed by atoms with van der Waals surface area (Å²) in [7, 11) is 0. The molecule has 0 saturated heterocycles. The van der Waals surface area contributed by atoms with Crippen molar-refractivity contribution < 1.29 is 0 Å². The predicted molar refractivity (Wildman–Crippen MR) is 70.3 cm³/mol. The van der Waals surface area contributed by atoms with Gasteiger partial charge in [0.15, 0.2) is 5.82 Å². The zero-order valence-corrected chi connectivity index (χ0v) is 11.0. The average Bonchev–Trinajstić information content (AvgIpc) is 2.78. The van der Waals surface area contributed by atoms with Crippen LogP contribution >= 0.6 is 22.9 Å². The van der Waals surface area contributed by atoms with Crippen LogP contribution in [-0.2, 0) is 0 Å². The predicted octanol–water partition coefficient (Wildman–Crippen LogP) is 2.65. The zero-order valence-electron chi connectivity index (χ0n) is 9.44. The number of nitrogens with one attached hydrogen (secondary N) is 1. The van der Waals surface area contributed by atoms with E-state index >= 15 is 0 Å². The molecule has 0 spiro atoms. The maximum absolute atomic E-state index is 5.89. The standard InChI is InChI=1S/C10H12ClN5S/c1-5-7(12)8(16-10(11)15-5)14-6(2)9-13-3-4-17-9/h3-4,6H,12H2,1-2H3,(H,14,15,16). The number of rotatable bonds is 3. The highest BCUT2D eigenvalue weighted by Crippen LogP contribution is 2.25. The van der Waals surface area contributed by atoms with E-state index in [1.54, 1.807) is 24.5 Å². The number of aromatic nitrogens is 3. The SMILES string of the molecule is Cc1nc(Cl)nc(NC(C)c2nccs2)c1N. The van der Waals surface area contributed by atoms with Crippen LogP contribution in [0.2, 0.25) is 5.28 Å². The molecule has 5 nitrogen and oxygen atoms in total. The summed E-state index contributed by atoms with van der Waals surface area (Å²) in [5, 5.41) is 6.26. The first-order valence-electron chi connectivity index (χ1n) is 5.03. The number of thiazole rings is 1. The van der Waals surface area contributed by atoms with Gasteiger partial charge >= 0.3 is 0 Å². The zero-order chi connectivity index (χ0) is 12.4. The number of halogens is 1. The van der Waals surface area contributed by atoms with Crippen LogP contribution in [0.4, 0.5) is 11.5 Å². The van der Waals surface area contributed by atoms with Gasteiger partial charge < -0.3 is 11.1 Å². The minimum Gasteiger partial charge on any atom is -0.394 e. The Bertz CT molecular complexity index is 514. The number of nitrogens with two attached hydrogens (primary N) is 1. The molecule has 7 heteroatoms. The lowest BCUT2D eigenvalue weighted by Crippen LogP contribution is -2.11. The van der Waals surface area contributed by atoms with Gasteiger partial charge in [0.1, 0.15) is 5.01 Å². The lowest BCUT2D eigenvalue weighted by molar-refractivity contribution is 0.858. The molecule has 1 atom stereocenters. The summed E-state index contributed by atoms with van der Waals surface area (Å²) in [5.74, 6) is 0.546. The second-order valence-electron chi connectivity index (χ2n) is 3.58. The molecule has 0 aliphatic carbocycles. The van der Waals surface area contributed by atoms with E-state index in [0.717, 1.165) is 5.01 Å². The summed E-state index contributed by atoms with van der Waals surface area (Å²) in [4.78, 5) is 12.3. The van der Waals surface area contributed by atoms with Crippen LogP contribution in [-0.4, -0.2) is 15.0 Å². The molecular formula is C10H12ClN5S. The van der Waals surface area contributed by atoms with E-state index in [0.29, 0.717) is 17.2 Å². The molecule has 0 aliphatic rings. The van der Waals surface area contributed by atoms with Crippen molar-refractivity contribution in [2.75, 3.05) is 11.1 Å². The maximum atomic E-state index is 5.89. The first kappa shape index (κ1) is 12.1. The first-order valence-corrected chi connectivity index (χ1v) is 6.29. The van der Waals surface area contributed by atoms with Crippen LogP contribution in [0.15, 0.2) is 11.6 Å². The van der Waals surface area contributed by atoms with Crippen LogP contribution in [0.1, 0.15) is 23.7 Å². The molecule has 90 valence electrons. The van der Waals surface area contributed by atoms with Gasteiger partial charge in [-0.25, -0.2) is 9.97 Å². The summed E-state index contributed by atoms with van der Waals surface area (Å²) >= 11 is 7.37. The van der Waals surface area contributed by atoms with E-state index in [2.05, 4.69) is 20.3 Å².